The first-order valence-corrected chi connectivity index (χ1v) is 9.81. The van der Waals surface area contributed by atoms with E-state index in [0.29, 0.717) is 6.42 Å². The molecule has 2 aliphatic heterocycles. The zero-order chi connectivity index (χ0) is 20.4. The summed E-state index contributed by atoms with van der Waals surface area (Å²) < 4.78 is 5.94. The van der Waals surface area contributed by atoms with Crippen molar-refractivity contribution in [2.24, 2.45) is 22.7 Å². The van der Waals surface area contributed by atoms with E-state index in [1.54, 1.807) is 20.8 Å². The number of ketones is 2. The van der Waals surface area contributed by atoms with E-state index >= 15 is 0 Å². The molecule has 8 atom stereocenters. The fourth-order valence-electron chi connectivity index (χ4n) is 6.64. The maximum atomic E-state index is 13.9. The molecule has 0 amide bonds. The number of aliphatic hydroxyl groups excluding tert-OH is 1. The zero-order valence-electron chi connectivity index (χ0n) is 16.6. The molecule has 1 unspecified atom stereocenters. The average molecular weight is 382 g/mol. The molecular weight excluding hydrogens is 352 g/mol. The molecule has 4 N–H and O–H groups in total. The van der Waals surface area contributed by atoms with E-state index in [1.807, 2.05) is 0 Å². The van der Waals surface area contributed by atoms with Crippen LogP contribution in [0.2, 0.25) is 0 Å². The minimum absolute atomic E-state index is 0.103. The van der Waals surface area contributed by atoms with E-state index in [1.165, 1.54) is 13.8 Å². The first kappa shape index (κ1) is 19.5. The Labute approximate surface area is 158 Å². The van der Waals surface area contributed by atoms with Gasteiger partial charge < -0.3 is 25.2 Å². The molecule has 2 saturated heterocycles. The van der Waals surface area contributed by atoms with Gasteiger partial charge in [0.15, 0.2) is 17.2 Å². The van der Waals surface area contributed by atoms with Crippen LogP contribution in [0.5, 0.6) is 0 Å². The minimum Gasteiger partial charge on any atom is -0.389 e. The maximum absolute atomic E-state index is 13.9. The molecule has 4 aliphatic rings. The third kappa shape index (κ3) is 1.59. The number of ether oxygens (including phenoxy) is 1. The maximum Gasteiger partial charge on any atom is 0.186 e. The number of Topliss-reactive ketones (excluding diaryl/α,β-unsaturated/α-hetero) is 2. The molecule has 7 nitrogen and oxygen atoms in total. The third-order valence-electron chi connectivity index (χ3n) is 8.81. The highest BCUT2D eigenvalue weighted by Gasteiger charge is 2.90. The first-order chi connectivity index (χ1) is 12.2. The van der Waals surface area contributed by atoms with Crippen LogP contribution < -0.4 is 0 Å². The van der Waals surface area contributed by atoms with Gasteiger partial charge in [0, 0.05) is 12.8 Å². The van der Waals surface area contributed by atoms with E-state index in [4.69, 9.17) is 4.74 Å². The average Bonchev–Trinajstić information content (AvgIpc) is 2.71. The van der Waals surface area contributed by atoms with Crippen LogP contribution in [-0.4, -0.2) is 60.7 Å². The largest absolute Gasteiger partial charge is 0.389 e. The highest BCUT2D eigenvalue weighted by atomic mass is 16.7. The molecule has 2 heterocycles. The summed E-state index contributed by atoms with van der Waals surface area (Å²) in [6.45, 7) is 8.08. The van der Waals surface area contributed by atoms with Gasteiger partial charge in [-0.25, -0.2) is 0 Å². The molecule has 2 aliphatic carbocycles. The van der Waals surface area contributed by atoms with Crippen molar-refractivity contribution < 1.29 is 34.8 Å². The normalized spacial score (nSPS) is 59.9. The van der Waals surface area contributed by atoms with Crippen LogP contribution in [-0.2, 0) is 14.3 Å². The first-order valence-electron chi connectivity index (χ1n) is 9.81. The summed E-state index contributed by atoms with van der Waals surface area (Å²) in [7, 11) is 0. The highest BCUT2D eigenvalue weighted by Crippen LogP contribution is 2.73. The Morgan fingerprint density at radius 2 is 1.74 bits per heavy atom. The predicted octanol–water partition coefficient (Wildman–Crippen LogP) is 0.311. The summed E-state index contributed by atoms with van der Waals surface area (Å²) in [6.07, 6.45) is -1.53. The van der Waals surface area contributed by atoms with Crippen molar-refractivity contribution in [2.45, 2.75) is 89.0 Å². The minimum atomic E-state index is -2.16. The van der Waals surface area contributed by atoms with E-state index in [0.717, 1.165) is 0 Å². The van der Waals surface area contributed by atoms with Crippen molar-refractivity contribution in [1.29, 1.82) is 0 Å². The van der Waals surface area contributed by atoms with Gasteiger partial charge in [-0.1, -0.05) is 20.8 Å². The molecule has 4 fully saturated rings. The van der Waals surface area contributed by atoms with Gasteiger partial charge in [0.1, 0.15) is 16.8 Å². The van der Waals surface area contributed by atoms with Crippen molar-refractivity contribution >= 4 is 11.6 Å². The van der Waals surface area contributed by atoms with E-state index in [2.05, 4.69) is 0 Å². The van der Waals surface area contributed by atoms with Gasteiger partial charge in [0.25, 0.3) is 0 Å². The van der Waals surface area contributed by atoms with Crippen LogP contribution >= 0.6 is 0 Å². The Hall–Kier alpha value is -0.860. The summed E-state index contributed by atoms with van der Waals surface area (Å²) in [6, 6.07) is 0. The lowest BCUT2D eigenvalue weighted by molar-refractivity contribution is -0.383. The summed E-state index contributed by atoms with van der Waals surface area (Å²) in [4.78, 5) is 27.3. The van der Waals surface area contributed by atoms with Gasteiger partial charge >= 0.3 is 0 Å². The van der Waals surface area contributed by atoms with E-state index < -0.39 is 57.0 Å². The number of carbonyl (C=O) groups is 2. The van der Waals surface area contributed by atoms with Crippen LogP contribution in [0.3, 0.4) is 0 Å². The van der Waals surface area contributed by atoms with Gasteiger partial charge in [-0.2, -0.15) is 0 Å². The molecule has 4 rings (SSSR count). The Morgan fingerprint density at radius 3 is 2.30 bits per heavy atom. The van der Waals surface area contributed by atoms with Crippen LogP contribution in [0.15, 0.2) is 0 Å². The summed E-state index contributed by atoms with van der Waals surface area (Å²) in [5.74, 6) is -4.18. The van der Waals surface area contributed by atoms with Crippen LogP contribution in [0.1, 0.15) is 60.3 Å². The lowest BCUT2D eigenvalue weighted by Gasteiger charge is -2.61. The molecule has 3 bridgehead atoms. The van der Waals surface area contributed by atoms with Crippen molar-refractivity contribution in [2.75, 3.05) is 0 Å². The molecule has 27 heavy (non-hydrogen) atoms. The number of hydrogen-bond acceptors (Lipinski definition) is 7. The summed E-state index contributed by atoms with van der Waals surface area (Å²) in [5.41, 5.74) is -9.32. The number of aliphatic hydroxyl groups is 4. The summed E-state index contributed by atoms with van der Waals surface area (Å²) in [5, 5.41) is 46.0. The molecule has 1 spiro atoms. The van der Waals surface area contributed by atoms with Crippen molar-refractivity contribution in [1.82, 2.24) is 0 Å². The second kappa shape index (κ2) is 4.82. The number of hydrogen-bond donors (Lipinski definition) is 4. The molecule has 7 heteroatoms. The molecule has 0 radical (unpaired) electrons. The van der Waals surface area contributed by atoms with Gasteiger partial charge in [-0.3, -0.25) is 9.59 Å². The highest BCUT2D eigenvalue weighted by molar-refractivity contribution is 6.04. The Balaban J connectivity index is 2.12. The Bertz CT molecular complexity index is 751. The quantitative estimate of drug-likeness (QED) is 0.514. The van der Waals surface area contributed by atoms with Crippen LogP contribution in [0.25, 0.3) is 0 Å². The van der Waals surface area contributed by atoms with Crippen molar-refractivity contribution in [3.8, 4) is 0 Å². The van der Waals surface area contributed by atoms with Crippen molar-refractivity contribution in [3.63, 3.8) is 0 Å². The van der Waals surface area contributed by atoms with Gasteiger partial charge in [0.05, 0.1) is 17.1 Å². The molecule has 2 saturated carbocycles. The molecule has 0 aromatic rings. The fourth-order valence-corrected chi connectivity index (χ4v) is 6.64. The Kier molecular flexibility index (Phi) is 3.47. The SMILES string of the molecule is CC(C)[C@@]1(O)CC(=O)C2(C)C[C@]3(O)O[C@]4(C(=O)[C@@]31C)[C@H](O)[C@@H](C)CC[C@]24O. The second-order valence-electron chi connectivity index (χ2n) is 10.1. The van der Waals surface area contributed by atoms with Gasteiger partial charge in [-0.15, -0.1) is 0 Å². The third-order valence-corrected chi connectivity index (χ3v) is 8.81. The monoisotopic (exact) mass is 382 g/mol. The molecular formula is C20H30O7. The molecule has 152 valence electrons. The van der Waals surface area contributed by atoms with Crippen LogP contribution in [0, 0.1) is 22.7 Å². The van der Waals surface area contributed by atoms with Gasteiger partial charge in [0.2, 0.25) is 0 Å². The lowest BCUT2D eigenvalue weighted by Crippen LogP contribution is -2.78. The van der Waals surface area contributed by atoms with Gasteiger partial charge in [-0.05, 0) is 38.5 Å². The number of carbonyl (C=O) groups excluding carboxylic acids is 2. The molecule has 0 aromatic carbocycles. The fraction of sp³-hybridized carbons (Fsp3) is 0.900. The zero-order valence-corrected chi connectivity index (χ0v) is 16.6. The topological polar surface area (TPSA) is 124 Å². The van der Waals surface area contributed by atoms with Crippen LogP contribution in [0.4, 0.5) is 0 Å². The van der Waals surface area contributed by atoms with E-state index in [9.17, 15) is 30.0 Å². The standard InChI is InChI=1S/C20H30O7/c1-10(2)17(24)8-12(21)15(4)9-19(26)16(17,5)14(23)20(27-19)13(22)11(3)6-7-18(15,20)25/h10-11,13,22,24-26H,6-9H2,1-5H3/t11-,13+,15?,16+,17-,18-,19-,20-/m0/s1. The number of rotatable bonds is 1. The predicted molar refractivity (Wildman–Crippen MR) is 93.4 cm³/mol. The number of fused-ring (bicyclic) bond motifs is 2. The lowest BCUT2D eigenvalue weighted by atomic mass is 9.49. The van der Waals surface area contributed by atoms with Crippen molar-refractivity contribution in [3.05, 3.63) is 0 Å². The smallest absolute Gasteiger partial charge is 0.186 e. The second-order valence-corrected chi connectivity index (χ2v) is 10.1. The van der Waals surface area contributed by atoms with E-state index in [-0.39, 0.29) is 25.2 Å². The Morgan fingerprint density at radius 1 is 1.15 bits per heavy atom. The molecule has 0 aromatic heterocycles. The summed E-state index contributed by atoms with van der Waals surface area (Å²) >= 11 is 0.